The molecule has 0 amide bonds. The van der Waals surface area contributed by atoms with Crippen LogP contribution in [-0.2, 0) is 0 Å². The van der Waals surface area contributed by atoms with Crippen LogP contribution in [0.4, 0.5) is 0 Å². The molecule has 1 aromatic heterocycles. The van der Waals surface area contributed by atoms with Gasteiger partial charge in [0.1, 0.15) is 0 Å². The molecule has 0 aliphatic heterocycles. The quantitative estimate of drug-likeness (QED) is 0.696. The molecule has 0 fully saturated rings. The SMILES string of the molecule is C=Cc1nc(C)c(Br)cc1C. The molecule has 0 radical (unpaired) electrons. The van der Waals surface area contributed by atoms with Crippen LogP contribution >= 0.6 is 15.9 Å². The third kappa shape index (κ3) is 1.69. The number of aryl methyl sites for hydroxylation is 2. The van der Waals surface area contributed by atoms with E-state index in [-0.39, 0.29) is 0 Å². The highest BCUT2D eigenvalue weighted by Crippen LogP contribution is 2.17. The van der Waals surface area contributed by atoms with E-state index in [1.165, 1.54) is 0 Å². The Morgan fingerprint density at radius 3 is 2.73 bits per heavy atom. The molecule has 0 bridgehead atoms. The second-order valence-corrected chi connectivity index (χ2v) is 3.32. The Labute approximate surface area is 75.3 Å². The molecule has 0 aromatic carbocycles. The van der Waals surface area contributed by atoms with Gasteiger partial charge >= 0.3 is 0 Å². The Bertz CT molecular complexity index is 292. The summed E-state index contributed by atoms with van der Waals surface area (Å²) in [5, 5.41) is 0. The number of hydrogen-bond donors (Lipinski definition) is 0. The van der Waals surface area contributed by atoms with E-state index in [9.17, 15) is 0 Å². The van der Waals surface area contributed by atoms with Crippen LogP contribution in [0.5, 0.6) is 0 Å². The maximum Gasteiger partial charge on any atom is 0.0656 e. The summed E-state index contributed by atoms with van der Waals surface area (Å²) in [6.07, 6.45) is 1.77. The Balaban J connectivity index is 3.31. The smallest absolute Gasteiger partial charge is 0.0656 e. The number of hydrogen-bond acceptors (Lipinski definition) is 1. The van der Waals surface area contributed by atoms with Gasteiger partial charge in [-0.25, -0.2) is 0 Å². The van der Waals surface area contributed by atoms with Gasteiger partial charge in [0.05, 0.1) is 11.4 Å². The summed E-state index contributed by atoms with van der Waals surface area (Å²) in [6, 6.07) is 2.05. The van der Waals surface area contributed by atoms with Crippen molar-refractivity contribution < 1.29 is 0 Å². The van der Waals surface area contributed by atoms with Crippen molar-refractivity contribution >= 4 is 22.0 Å². The van der Waals surface area contributed by atoms with Gasteiger partial charge in [0.25, 0.3) is 0 Å². The zero-order chi connectivity index (χ0) is 8.43. The second kappa shape index (κ2) is 3.18. The van der Waals surface area contributed by atoms with Crippen LogP contribution in [0.15, 0.2) is 17.1 Å². The van der Waals surface area contributed by atoms with E-state index in [1.54, 1.807) is 6.08 Å². The molecule has 0 saturated carbocycles. The molecule has 0 aliphatic carbocycles. The first-order chi connectivity index (χ1) is 5.15. The van der Waals surface area contributed by atoms with E-state index in [2.05, 4.69) is 33.6 Å². The highest BCUT2D eigenvalue weighted by Gasteiger charge is 1.99. The lowest BCUT2D eigenvalue weighted by atomic mass is 10.2. The normalized spacial score (nSPS) is 9.73. The van der Waals surface area contributed by atoms with Crippen molar-refractivity contribution in [1.82, 2.24) is 4.98 Å². The third-order valence-corrected chi connectivity index (χ3v) is 2.38. The van der Waals surface area contributed by atoms with Crippen LogP contribution in [0.2, 0.25) is 0 Å². The Morgan fingerprint density at radius 1 is 1.55 bits per heavy atom. The van der Waals surface area contributed by atoms with Gasteiger partial charge in [0.2, 0.25) is 0 Å². The lowest BCUT2D eigenvalue weighted by Crippen LogP contribution is -1.90. The summed E-state index contributed by atoms with van der Waals surface area (Å²) in [5.74, 6) is 0. The van der Waals surface area contributed by atoms with Crippen molar-refractivity contribution in [3.63, 3.8) is 0 Å². The van der Waals surface area contributed by atoms with E-state index in [1.807, 2.05) is 13.8 Å². The van der Waals surface area contributed by atoms with Crippen LogP contribution in [0.1, 0.15) is 17.0 Å². The van der Waals surface area contributed by atoms with Crippen LogP contribution in [0, 0.1) is 13.8 Å². The fourth-order valence-electron chi connectivity index (χ4n) is 0.897. The molecule has 1 rings (SSSR count). The van der Waals surface area contributed by atoms with Crippen molar-refractivity contribution in [2.75, 3.05) is 0 Å². The predicted molar refractivity (Wildman–Crippen MR) is 51.5 cm³/mol. The molecule has 58 valence electrons. The average Bonchev–Trinajstić information content (AvgIpc) is 1.97. The van der Waals surface area contributed by atoms with Crippen molar-refractivity contribution in [1.29, 1.82) is 0 Å². The minimum atomic E-state index is 0.964. The monoisotopic (exact) mass is 211 g/mol. The first kappa shape index (κ1) is 8.47. The highest BCUT2D eigenvalue weighted by atomic mass is 79.9. The van der Waals surface area contributed by atoms with Crippen LogP contribution in [0.3, 0.4) is 0 Å². The van der Waals surface area contributed by atoms with Gasteiger partial charge in [-0.1, -0.05) is 6.58 Å². The molecule has 11 heavy (non-hydrogen) atoms. The van der Waals surface area contributed by atoms with Crippen molar-refractivity contribution in [2.45, 2.75) is 13.8 Å². The van der Waals surface area contributed by atoms with Gasteiger partial charge in [-0.15, -0.1) is 0 Å². The molecule has 0 spiro atoms. The fourth-order valence-corrected chi connectivity index (χ4v) is 1.33. The number of halogens is 1. The number of rotatable bonds is 1. The van der Waals surface area contributed by atoms with Gasteiger partial charge in [-0.2, -0.15) is 0 Å². The fraction of sp³-hybridized carbons (Fsp3) is 0.222. The molecule has 0 atom stereocenters. The molecule has 1 heterocycles. The zero-order valence-corrected chi connectivity index (χ0v) is 8.27. The Morgan fingerprint density at radius 2 is 2.18 bits per heavy atom. The first-order valence-electron chi connectivity index (χ1n) is 3.41. The van der Waals surface area contributed by atoms with E-state index in [4.69, 9.17) is 0 Å². The van der Waals surface area contributed by atoms with Crippen LogP contribution in [0.25, 0.3) is 6.08 Å². The number of pyridine rings is 1. The highest BCUT2D eigenvalue weighted by molar-refractivity contribution is 9.10. The lowest BCUT2D eigenvalue weighted by molar-refractivity contribution is 1.13. The van der Waals surface area contributed by atoms with E-state index in [0.29, 0.717) is 0 Å². The molecule has 2 heteroatoms. The average molecular weight is 212 g/mol. The van der Waals surface area contributed by atoms with Gasteiger partial charge in [0.15, 0.2) is 0 Å². The molecule has 0 unspecified atom stereocenters. The number of aromatic nitrogens is 1. The molecular formula is C9H10BrN. The molecule has 0 N–H and O–H groups in total. The number of nitrogens with zero attached hydrogens (tertiary/aromatic N) is 1. The summed E-state index contributed by atoms with van der Waals surface area (Å²) >= 11 is 3.41. The van der Waals surface area contributed by atoms with Gasteiger partial charge in [0, 0.05) is 4.47 Å². The van der Waals surface area contributed by atoms with E-state index < -0.39 is 0 Å². The Hall–Kier alpha value is -0.630. The molecule has 1 aromatic rings. The van der Waals surface area contributed by atoms with Crippen molar-refractivity contribution in [3.05, 3.63) is 34.1 Å². The molecular weight excluding hydrogens is 202 g/mol. The third-order valence-electron chi connectivity index (χ3n) is 1.57. The zero-order valence-electron chi connectivity index (χ0n) is 6.69. The van der Waals surface area contributed by atoms with Crippen molar-refractivity contribution in [2.24, 2.45) is 0 Å². The van der Waals surface area contributed by atoms with Crippen molar-refractivity contribution in [3.8, 4) is 0 Å². The maximum absolute atomic E-state index is 4.33. The standard InChI is InChI=1S/C9H10BrN/c1-4-9-6(2)5-8(10)7(3)11-9/h4-5H,1H2,2-3H3. The summed E-state index contributed by atoms with van der Waals surface area (Å²) in [6.45, 7) is 7.68. The maximum atomic E-state index is 4.33. The van der Waals surface area contributed by atoms with Gasteiger partial charge < -0.3 is 0 Å². The van der Waals surface area contributed by atoms with Crippen LogP contribution in [-0.4, -0.2) is 4.98 Å². The molecule has 1 nitrogen and oxygen atoms in total. The predicted octanol–water partition coefficient (Wildman–Crippen LogP) is 3.10. The topological polar surface area (TPSA) is 12.9 Å². The van der Waals surface area contributed by atoms with E-state index >= 15 is 0 Å². The summed E-state index contributed by atoms with van der Waals surface area (Å²) in [5.41, 5.74) is 3.12. The summed E-state index contributed by atoms with van der Waals surface area (Å²) < 4.78 is 1.06. The minimum Gasteiger partial charge on any atom is -0.252 e. The molecule has 0 saturated heterocycles. The largest absolute Gasteiger partial charge is 0.252 e. The minimum absolute atomic E-state index is 0.964. The second-order valence-electron chi connectivity index (χ2n) is 2.46. The van der Waals surface area contributed by atoms with Crippen LogP contribution < -0.4 is 0 Å². The Kier molecular flexibility index (Phi) is 2.45. The molecule has 0 aliphatic rings. The summed E-state index contributed by atoms with van der Waals surface area (Å²) in [7, 11) is 0. The lowest BCUT2D eigenvalue weighted by Gasteiger charge is -2.02. The summed E-state index contributed by atoms with van der Waals surface area (Å²) in [4.78, 5) is 4.33. The van der Waals surface area contributed by atoms with Gasteiger partial charge in [-0.05, 0) is 47.5 Å². The van der Waals surface area contributed by atoms with Gasteiger partial charge in [-0.3, -0.25) is 4.98 Å². The van der Waals surface area contributed by atoms with E-state index in [0.717, 1.165) is 21.4 Å². The first-order valence-corrected chi connectivity index (χ1v) is 4.20.